The molecule has 1 aliphatic heterocycles. The third-order valence-electron chi connectivity index (χ3n) is 5.61. The lowest BCUT2D eigenvalue weighted by Gasteiger charge is -2.31. The summed E-state index contributed by atoms with van der Waals surface area (Å²) in [6.45, 7) is 3.62. The van der Waals surface area contributed by atoms with E-state index in [9.17, 15) is 9.59 Å². The number of amides is 2. The van der Waals surface area contributed by atoms with Crippen molar-refractivity contribution in [3.05, 3.63) is 78.0 Å². The van der Waals surface area contributed by atoms with Gasteiger partial charge in [0.15, 0.2) is 0 Å². The molecule has 1 fully saturated rings. The summed E-state index contributed by atoms with van der Waals surface area (Å²) >= 11 is 0. The fourth-order valence-electron chi connectivity index (χ4n) is 4.00. The van der Waals surface area contributed by atoms with Crippen molar-refractivity contribution < 1.29 is 9.59 Å². The third-order valence-corrected chi connectivity index (χ3v) is 5.61. The van der Waals surface area contributed by atoms with Gasteiger partial charge in [-0.2, -0.15) is 0 Å². The number of para-hydroxylation sites is 1. The van der Waals surface area contributed by atoms with Gasteiger partial charge < -0.3 is 9.80 Å². The van der Waals surface area contributed by atoms with Crippen LogP contribution in [0.25, 0.3) is 10.9 Å². The van der Waals surface area contributed by atoms with Gasteiger partial charge in [-0.1, -0.05) is 55.5 Å². The van der Waals surface area contributed by atoms with Crippen molar-refractivity contribution in [3.63, 3.8) is 0 Å². The third kappa shape index (κ3) is 3.99. The molecular formula is C24H25N3O2. The highest BCUT2D eigenvalue weighted by Gasteiger charge is 2.31. The Labute approximate surface area is 171 Å². The molecule has 29 heavy (non-hydrogen) atoms. The zero-order valence-corrected chi connectivity index (χ0v) is 16.6. The lowest BCUT2D eigenvalue weighted by Crippen LogP contribution is -2.43. The molecule has 0 saturated carbocycles. The molecule has 148 valence electrons. The largest absolute Gasteiger partial charge is 0.336 e. The topological polar surface area (TPSA) is 53.5 Å². The monoisotopic (exact) mass is 387 g/mol. The summed E-state index contributed by atoms with van der Waals surface area (Å²) in [4.78, 5) is 34.4. The standard InChI is InChI=1S/C24H25N3O2/c1-2-20-17-26(15-13-22(28)27(20)16-18-8-4-3-5-9-18)24(29)21-12-6-10-19-11-7-14-25-23(19)21/h3-12,14,20H,2,13,15-17H2,1H3/t20-/m1/s1. The second kappa shape index (κ2) is 8.43. The molecule has 2 amide bonds. The molecule has 1 aliphatic rings. The van der Waals surface area contributed by atoms with Crippen LogP contribution in [0.1, 0.15) is 35.7 Å². The molecule has 0 radical (unpaired) electrons. The first-order valence-corrected chi connectivity index (χ1v) is 10.1. The lowest BCUT2D eigenvalue weighted by atomic mass is 10.1. The molecule has 2 heterocycles. The summed E-state index contributed by atoms with van der Waals surface area (Å²) in [7, 11) is 0. The van der Waals surface area contributed by atoms with E-state index in [1.165, 1.54) is 0 Å². The van der Waals surface area contributed by atoms with Gasteiger partial charge in [-0.05, 0) is 24.1 Å². The Kier molecular flexibility index (Phi) is 5.56. The number of fused-ring (bicyclic) bond motifs is 1. The summed E-state index contributed by atoms with van der Waals surface area (Å²) < 4.78 is 0. The van der Waals surface area contributed by atoms with E-state index in [1.807, 2.05) is 70.5 Å². The Hall–Kier alpha value is -3.21. The maximum Gasteiger partial charge on any atom is 0.256 e. The second-order valence-electron chi connectivity index (χ2n) is 7.45. The van der Waals surface area contributed by atoms with Gasteiger partial charge in [-0.15, -0.1) is 0 Å². The predicted molar refractivity (Wildman–Crippen MR) is 113 cm³/mol. The summed E-state index contributed by atoms with van der Waals surface area (Å²) in [5, 5.41) is 0.946. The highest BCUT2D eigenvalue weighted by molar-refractivity contribution is 6.05. The van der Waals surface area contributed by atoms with E-state index in [1.54, 1.807) is 6.20 Å². The van der Waals surface area contributed by atoms with Gasteiger partial charge in [-0.25, -0.2) is 0 Å². The fraction of sp³-hybridized carbons (Fsp3) is 0.292. The van der Waals surface area contributed by atoms with Crippen molar-refractivity contribution in [1.82, 2.24) is 14.8 Å². The number of benzene rings is 2. The summed E-state index contributed by atoms with van der Waals surface area (Å²) in [5.74, 6) is 0.0501. The number of carbonyl (C=O) groups is 2. The minimum absolute atomic E-state index is 0.00269. The Morgan fingerprint density at radius 3 is 2.66 bits per heavy atom. The van der Waals surface area contributed by atoms with Gasteiger partial charge in [-0.3, -0.25) is 14.6 Å². The van der Waals surface area contributed by atoms with Crippen molar-refractivity contribution in [2.24, 2.45) is 0 Å². The zero-order chi connectivity index (χ0) is 20.2. The molecule has 0 spiro atoms. The van der Waals surface area contributed by atoms with E-state index in [4.69, 9.17) is 0 Å². The van der Waals surface area contributed by atoms with Crippen LogP contribution in [0.5, 0.6) is 0 Å². The van der Waals surface area contributed by atoms with E-state index < -0.39 is 0 Å². The maximum absolute atomic E-state index is 13.4. The maximum atomic E-state index is 13.4. The molecular weight excluding hydrogens is 362 g/mol. The number of pyridine rings is 1. The van der Waals surface area contributed by atoms with Crippen LogP contribution in [0.3, 0.4) is 0 Å². The molecule has 1 saturated heterocycles. The average molecular weight is 387 g/mol. The first-order chi connectivity index (χ1) is 14.2. The first-order valence-electron chi connectivity index (χ1n) is 10.1. The van der Waals surface area contributed by atoms with Gasteiger partial charge in [0.25, 0.3) is 5.91 Å². The van der Waals surface area contributed by atoms with Gasteiger partial charge in [0.1, 0.15) is 0 Å². The van der Waals surface area contributed by atoms with Crippen LogP contribution < -0.4 is 0 Å². The van der Waals surface area contributed by atoms with E-state index in [2.05, 4.69) is 11.9 Å². The Morgan fingerprint density at radius 2 is 1.86 bits per heavy atom. The molecule has 2 aromatic carbocycles. The molecule has 0 aliphatic carbocycles. The number of rotatable bonds is 4. The van der Waals surface area contributed by atoms with Crippen molar-refractivity contribution in [1.29, 1.82) is 0 Å². The number of hydrogen-bond acceptors (Lipinski definition) is 3. The van der Waals surface area contributed by atoms with Crippen LogP contribution in [0.15, 0.2) is 66.9 Å². The quantitative estimate of drug-likeness (QED) is 0.682. The Balaban J connectivity index is 1.59. The number of hydrogen-bond donors (Lipinski definition) is 0. The van der Waals surface area contributed by atoms with E-state index in [-0.39, 0.29) is 17.9 Å². The molecule has 5 heteroatoms. The number of carbonyl (C=O) groups excluding carboxylic acids is 2. The van der Waals surface area contributed by atoms with Gasteiger partial charge >= 0.3 is 0 Å². The van der Waals surface area contributed by atoms with Gasteiger partial charge in [0.05, 0.1) is 11.1 Å². The lowest BCUT2D eigenvalue weighted by molar-refractivity contribution is -0.133. The number of aromatic nitrogens is 1. The van der Waals surface area contributed by atoms with Gasteiger partial charge in [0.2, 0.25) is 5.91 Å². The highest BCUT2D eigenvalue weighted by atomic mass is 16.2. The SMILES string of the molecule is CC[C@@H]1CN(C(=O)c2cccc3cccnc23)CCC(=O)N1Cc1ccccc1. The highest BCUT2D eigenvalue weighted by Crippen LogP contribution is 2.22. The van der Waals surface area contributed by atoms with Crippen LogP contribution in [0.2, 0.25) is 0 Å². The fourth-order valence-corrected chi connectivity index (χ4v) is 4.00. The normalized spacial score (nSPS) is 17.4. The van der Waals surface area contributed by atoms with Gasteiger partial charge in [0, 0.05) is 43.7 Å². The van der Waals surface area contributed by atoms with E-state index in [0.29, 0.717) is 37.1 Å². The first kappa shape index (κ1) is 19.1. The second-order valence-corrected chi connectivity index (χ2v) is 7.45. The van der Waals surface area contributed by atoms with Crippen molar-refractivity contribution >= 4 is 22.7 Å². The summed E-state index contributed by atoms with van der Waals surface area (Å²) in [5.41, 5.74) is 2.42. The molecule has 5 nitrogen and oxygen atoms in total. The van der Waals surface area contributed by atoms with Crippen molar-refractivity contribution in [3.8, 4) is 0 Å². The van der Waals surface area contributed by atoms with Crippen LogP contribution in [0.4, 0.5) is 0 Å². The summed E-state index contributed by atoms with van der Waals surface area (Å²) in [6.07, 6.45) is 2.85. The van der Waals surface area contributed by atoms with Crippen molar-refractivity contribution in [2.45, 2.75) is 32.4 Å². The predicted octanol–water partition coefficient (Wildman–Crippen LogP) is 3.89. The average Bonchev–Trinajstić information content (AvgIpc) is 2.92. The molecule has 1 aromatic heterocycles. The molecule has 4 rings (SSSR count). The van der Waals surface area contributed by atoms with Crippen LogP contribution in [-0.4, -0.2) is 45.7 Å². The molecule has 0 unspecified atom stereocenters. The van der Waals surface area contributed by atoms with Crippen LogP contribution >= 0.6 is 0 Å². The molecule has 0 N–H and O–H groups in total. The van der Waals surface area contributed by atoms with Crippen molar-refractivity contribution in [2.75, 3.05) is 13.1 Å². The van der Waals surface area contributed by atoms with Crippen LogP contribution in [-0.2, 0) is 11.3 Å². The minimum Gasteiger partial charge on any atom is -0.336 e. The Bertz CT molecular complexity index is 1010. The number of nitrogens with zero attached hydrogens (tertiary/aromatic N) is 3. The summed E-state index contributed by atoms with van der Waals surface area (Å²) in [6, 6.07) is 19.5. The van der Waals surface area contributed by atoms with Crippen LogP contribution in [0, 0.1) is 0 Å². The van der Waals surface area contributed by atoms with E-state index in [0.717, 1.165) is 17.4 Å². The Morgan fingerprint density at radius 1 is 1.07 bits per heavy atom. The molecule has 3 aromatic rings. The molecule has 1 atom stereocenters. The smallest absolute Gasteiger partial charge is 0.256 e. The minimum atomic E-state index is -0.0536. The van der Waals surface area contributed by atoms with E-state index >= 15 is 0 Å². The molecule has 0 bridgehead atoms. The zero-order valence-electron chi connectivity index (χ0n) is 16.6.